The van der Waals surface area contributed by atoms with Crippen LogP contribution in [0.5, 0.6) is 5.75 Å². The number of ether oxygens (including phenoxy) is 3. The van der Waals surface area contributed by atoms with E-state index in [1.807, 2.05) is 18.2 Å². The normalized spacial score (nSPS) is 29.4. The first-order valence-corrected chi connectivity index (χ1v) is 8.16. The molecule has 126 valence electrons. The van der Waals surface area contributed by atoms with Crippen LogP contribution in [-0.4, -0.2) is 38.0 Å². The van der Waals surface area contributed by atoms with Crippen molar-refractivity contribution in [3.8, 4) is 5.75 Å². The smallest absolute Gasteiger partial charge is 0.331 e. The number of rotatable bonds is 6. The maximum Gasteiger partial charge on any atom is 0.331 e. The van der Waals surface area contributed by atoms with Gasteiger partial charge in [-0.2, -0.15) is 0 Å². The minimum absolute atomic E-state index is 0.0146. The summed E-state index contributed by atoms with van der Waals surface area (Å²) >= 11 is 0. The Kier molecular flexibility index (Phi) is 4.60. The van der Waals surface area contributed by atoms with Crippen LogP contribution in [0.25, 0.3) is 0 Å². The molecule has 0 aromatic heterocycles. The molecule has 3 aliphatic rings. The van der Waals surface area contributed by atoms with Crippen molar-refractivity contribution in [1.29, 1.82) is 0 Å². The Labute approximate surface area is 136 Å². The molecule has 2 saturated heterocycles. The van der Waals surface area contributed by atoms with E-state index >= 15 is 0 Å². The van der Waals surface area contributed by atoms with E-state index in [9.17, 15) is 9.90 Å². The molecular weight excluding hydrogens is 296 g/mol. The number of hydrogen-bond donors (Lipinski definition) is 1. The number of phenols is 1. The molecule has 1 aromatic carbocycles. The zero-order valence-corrected chi connectivity index (χ0v) is 13.5. The highest BCUT2D eigenvalue weighted by atomic mass is 16.6. The largest absolute Gasteiger partial charge is 0.508 e. The monoisotopic (exact) mass is 320 g/mol. The summed E-state index contributed by atoms with van der Waals surface area (Å²) in [5.74, 6) is -0.0481. The van der Waals surface area contributed by atoms with Crippen LogP contribution in [0.3, 0.4) is 0 Å². The van der Waals surface area contributed by atoms with E-state index in [-0.39, 0.29) is 23.6 Å². The van der Waals surface area contributed by atoms with E-state index in [4.69, 9.17) is 9.47 Å². The molecule has 5 heteroatoms. The number of methoxy groups -OCH3 is 1. The highest BCUT2D eigenvalue weighted by Gasteiger charge is 2.50. The van der Waals surface area contributed by atoms with Crippen molar-refractivity contribution in [3.05, 3.63) is 29.8 Å². The molecule has 0 atom stereocenters. The van der Waals surface area contributed by atoms with Gasteiger partial charge < -0.3 is 19.3 Å². The van der Waals surface area contributed by atoms with Crippen LogP contribution in [-0.2, 0) is 24.6 Å². The van der Waals surface area contributed by atoms with Crippen LogP contribution in [0.2, 0.25) is 0 Å². The van der Waals surface area contributed by atoms with Crippen LogP contribution in [0.15, 0.2) is 24.3 Å². The van der Waals surface area contributed by atoms with E-state index in [2.05, 4.69) is 4.74 Å². The van der Waals surface area contributed by atoms with Crippen molar-refractivity contribution in [2.45, 2.75) is 37.7 Å². The number of fused-ring (bicyclic) bond motifs is 3. The Hall–Kier alpha value is -1.59. The molecule has 0 radical (unpaired) electrons. The number of carbonyl (C=O) groups is 1. The minimum atomic E-state index is -0.339. The first-order valence-electron chi connectivity index (χ1n) is 8.16. The van der Waals surface area contributed by atoms with Crippen molar-refractivity contribution >= 4 is 5.97 Å². The second kappa shape index (κ2) is 6.49. The van der Waals surface area contributed by atoms with Crippen molar-refractivity contribution < 1.29 is 24.1 Å². The zero-order valence-electron chi connectivity index (χ0n) is 13.5. The average molecular weight is 320 g/mol. The summed E-state index contributed by atoms with van der Waals surface area (Å²) in [7, 11) is 1.36. The fourth-order valence-corrected chi connectivity index (χ4v) is 3.75. The summed E-state index contributed by atoms with van der Waals surface area (Å²) in [5.41, 5.74) is 0.995. The fourth-order valence-electron chi connectivity index (χ4n) is 3.75. The highest BCUT2D eigenvalue weighted by molar-refractivity contribution is 5.70. The second-order valence-electron chi connectivity index (χ2n) is 6.71. The maximum atomic E-state index is 11.1. The number of aromatic hydroxyl groups is 1. The summed E-state index contributed by atoms with van der Waals surface area (Å²) in [4.78, 5) is 11.1. The Balaban J connectivity index is 1.56. The highest BCUT2D eigenvalue weighted by Crippen LogP contribution is 2.55. The molecule has 2 heterocycles. The van der Waals surface area contributed by atoms with Gasteiger partial charge in [0.1, 0.15) is 12.4 Å². The molecule has 0 amide bonds. The molecule has 1 aliphatic carbocycles. The van der Waals surface area contributed by atoms with Crippen LogP contribution < -0.4 is 0 Å². The predicted octanol–water partition coefficient (Wildman–Crippen LogP) is 2.76. The molecule has 1 aromatic rings. The lowest BCUT2D eigenvalue weighted by molar-refractivity contribution is -0.194. The van der Waals surface area contributed by atoms with Crippen LogP contribution >= 0.6 is 0 Å². The fraction of sp³-hybridized carbons (Fsp3) is 0.611. The zero-order chi connectivity index (χ0) is 16.3. The standard InChI is InChI=1S/C18H24O5/c1-21-16(20)12-22-10-9-17-5-7-18(8-6-17,23-13-17)14-3-2-4-15(19)11-14/h2-4,11,19H,5-10,12-13H2,1H3. The van der Waals surface area contributed by atoms with E-state index in [0.29, 0.717) is 19.0 Å². The Morgan fingerprint density at radius 3 is 2.70 bits per heavy atom. The third kappa shape index (κ3) is 3.35. The van der Waals surface area contributed by atoms with Gasteiger partial charge in [-0.15, -0.1) is 0 Å². The SMILES string of the molecule is COC(=O)COCCC12CCC(c3cccc(O)c3)(CC1)OC2. The number of hydrogen-bond acceptors (Lipinski definition) is 5. The van der Waals surface area contributed by atoms with E-state index in [1.165, 1.54) is 7.11 Å². The summed E-state index contributed by atoms with van der Waals surface area (Å²) < 4.78 is 16.2. The van der Waals surface area contributed by atoms with Gasteiger partial charge >= 0.3 is 5.97 Å². The molecule has 1 N–H and O–H groups in total. The average Bonchev–Trinajstić information content (AvgIpc) is 2.60. The molecule has 0 spiro atoms. The van der Waals surface area contributed by atoms with E-state index in [0.717, 1.165) is 37.7 Å². The Morgan fingerprint density at radius 2 is 2.09 bits per heavy atom. The lowest BCUT2D eigenvalue weighted by Gasteiger charge is -2.53. The van der Waals surface area contributed by atoms with E-state index in [1.54, 1.807) is 6.07 Å². The topological polar surface area (TPSA) is 65.0 Å². The molecule has 3 fully saturated rings. The van der Waals surface area contributed by atoms with Gasteiger partial charge in [0.25, 0.3) is 0 Å². The summed E-state index contributed by atoms with van der Waals surface area (Å²) in [6.45, 7) is 1.28. The number of benzene rings is 1. The molecule has 4 rings (SSSR count). The van der Waals surface area contributed by atoms with Gasteiger partial charge in [0.05, 0.1) is 19.3 Å². The Morgan fingerprint density at radius 1 is 1.30 bits per heavy atom. The van der Waals surface area contributed by atoms with E-state index < -0.39 is 0 Å². The molecule has 23 heavy (non-hydrogen) atoms. The van der Waals surface area contributed by atoms with Crippen LogP contribution in [0.4, 0.5) is 0 Å². The summed E-state index contributed by atoms with van der Waals surface area (Å²) in [6.07, 6.45) is 5.01. The van der Waals surface area contributed by atoms with Crippen molar-refractivity contribution in [1.82, 2.24) is 0 Å². The molecule has 0 unspecified atom stereocenters. The molecule has 2 aliphatic heterocycles. The second-order valence-corrected chi connectivity index (χ2v) is 6.71. The van der Waals surface area contributed by atoms with Gasteiger partial charge in [-0.3, -0.25) is 0 Å². The summed E-state index contributed by atoms with van der Waals surface area (Å²) in [6, 6.07) is 7.42. The Bertz CT molecular complexity index is 544. The third-order valence-corrected chi connectivity index (χ3v) is 5.37. The number of phenolic OH excluding ortho intramolecular Hbond substituents is 1. The van der Waals surface area contributed by atoms with Crippen LogP contribution in [0.1, 0.15) is 37.7 Å². The predicted molar refractivity (Wildman–Crippen MR) is 84.1 cm³/mol. The van der Waals surface area contributed by atoms with Gasteiger partial charge in [0, 0.05) is 6.61 Å². The quantitative estimate of drug-likeness (QED) is 0.645. The summed E-state index contributed by atoms with van der Waals surface area (Å²) in [5, 5.41) is 9.72. The molecule has 5 nitrogen and oxygen atoms in total. The third-order valence-electron chi connectivity index (χ3n) is 5.37. The first kappa shape index (κ1) is 16.3. The lowest BCUT2D eigenvalue weighted by atomic mass is 9.63. The first-order chi connectivity index (χ1) is 11.1. The number of carbonyl (C=O) groups excluding carboxylic acids is 1. The van der Waals surface area contributed by atoms with Gasteiger partial charge in [-0.1, -0.05) is 12.1 Å². The van der Waals surface area contributed by atoms with Gasteiger partial charge in [0.15, 0.2) is 0 Å². The molecular formula is C18H24O5. The molecule has 1 saturated carbocycles. The van der Waals surface area contributed by atoms with Crippen molar-refractivity contribution in [2.75, 3.05) is 26.9 Å². The van der Waals surface area contributed by atoms with Crippen molar-refractivity contribution in [3.63, 3.8) is 0 Å². The van der Waals surface area contributed by atoms with Gasteiger partial charge in [-0.05, 0) is 55.2 Å². The minimum Gasteiger partial charge on any atom is -0.508 e. The number of esters is 1. The molecule has 2 bridgehead atoms. The van der Waals surface area contributed by atoms with Crippen LogP contribution in [0, 0.1) is 5.41 Å². The maximum absolute atomic E-state index is 11.1. The van der Waals surface area contributed by atoms with Gasteiger partial charge in [0.2, 0.25) is 0 Å². The lowest BCUT2D eigenvalue weighted by Crippen LogP contribution is -2.49. The van der Waals surface area contributed by atoms with Gasteiger partial charge in [-0.25, -0.2) is 4.79 Å². The van der Waals surface area contributed by atoms with Crippen molar-refractivity contribution in [2.24, 2.45) is 5.41 Å².